The Morgan fingerprint density at radius 3 is 2.48 bits per heavy atom. The molecule has 29 heavy (non-hydrogen) atoms. The second-order valence-electron chi connectivity index (χ2n) is 8.80. The number of carbonyl (C=O) groups is 1. The van der Waals surface area contributed by atoms with Crippen molar-refractivity contribution in [2.45, 2.75) is 53.5 Å². The Bertz CT molecular complexity index is 876. The molecule has 0 atom stereocenters. The number of aromatic nitrogens is 2. The summed E-state index contributed by atoms with van der Waals surface area (Å²) in [5.41, 5.74) is -0.263. The van der Waals surface area contributed by atoms with Gasteiger partial charge in [0.05, 0.1) is 22.7 Å². The predicted molar refractivity (Wildman–Crippen MR) is 112 cm³/mol. The van der Waals surface area contributed by atoms with E-state index in [0.29, 0.717) is 22.9 Å². The van der Waals surface area contributed by atoms with Gasteiger partial charge in [-0.3, -0.25) is 4.79 Å². The van der Waals surface area contributed by atoms with Crippen LogP contribution in [0.4, 0.5) is 14.6 Å². The highest BCUT2D eigenvalue weighted by Gasteiger charge is 2.25. The molecule has 2 heterocycles. The lowest BCUT2D eigenvalue weighted by Crippen LogP contribution is -2.46. The normalized spacial score (nSPS) is 12.3. The largest absolute Gasteiger partial charge is 0.394 e. The molecule has 2 rings (SSSR count). The molecule has 0 saturated carbocycles. The molecule has 0 aliphatic rings. The van der Waals surface area contributed by atoms with Crippen LogP contribution in [0.25, 0.3) is 10.4 Å². The number of thiazole rings is 1. The van der Waals surface area contributed by atoms with E-state index in [1.807, 2.05) is 20.8 Å². The summed E-state index contributed by atoms with van der Waals surface area (Å²) in [6.07, 6.45) is -1.30. The minimum absolute atomic E-state index is 0.0236. The molecule has 0 unspecified atom stereocenters. The Kier molecular flexibility index (Phi) is 6.95. The standard InChI is InChI=1S/C20H28F2N4O2S/c1-11-15(29-18(25-11)17(28)26-20(5,6)10-27)13-8-23-14(7-12(13)16(21)22)24-9-19(2,3)4/h7-8,16,27H,9-10H2,1-6H3,(H,23,24)(H,26,28). The molecule has 0 aromatic carbocycles. The molecule has 6 nitrogen and oxygen atoms in total. The molecule has 0 radical (unpaired) electrons. The zero-order valence-corrected chi connectivity index (χ0v) is 18.4. The third kappa shape index (κ3) is 6.17. The number of carbonyl (C=O) groups excluding carboxylic acids is 1. The fourth-order valence-corrected chi connectivity index (χ4v) is 3.43. The van der Waals surface area contributed by atoms with Gasteiger partial charge in [-0.25, -0.2) is 18.7 Å². The number of amides is 1. The van der Waals surface area contributed by atoms with E-state index in [1.54, 1.807) is 20.8 Å². The first-order chi connectivity index (χ1) is 13.3. The van der Waals surface area contributed by atoms with Gasteiger partial charge >= 0.3 is 0 Å². The van der Waals surface area contributed by atoms with Crippen molar-refractivity contribution in [1.82, 2.24) is 15.3 Å². The number of alkyl halides is 2. The minimum atomic E-state index is -2.70. The van der Waals surface area contributed by atoms with Gasteiger partial charge in [-0.1, -0.05) is 20.8 Å². The molecule has 9 heteroatoms. The summed E-state index contributed by atoms with van der Waals surface area (Å²) in [6.45, 7) is 11.5. The molecule has 0 aliphatic carbocycles. The van der Waals surface area contributed by atoms with Gasteiger partial charge in [0.1, 0.15) is 5.82 Å². The lowest BCUT2D eigenvalue weighted by atomic mass is 9.97. The number of rotatable bonds is 7. The highest BCUT2D eigenvalue weighted by molar-refractivity contribution is 7.17. The number of hydrogen-bond acceptors (Lipinski definition) is 6. The maximum absolute atomic E-state index is 13.8. The van der Waals surface area contributed by atoms with Gasteiger partial charge in [0, 0.05) is 23.9 Å². The van der Waals surface area contributed by atoms with Crippen LogP contribution >= 0.6 is 11.3 Å². The minimum Gasteiger partial charge on any atom is -0.394 e. The maximum Gasteiger partial charge on any atom is 0.280 e. The maximum atomic E-state index is 13.8. The Morgan fingerprint density at radius 2 is 1.93 bits per heavy atom. The fraction of sp³-hybridized carbons (Fsp3) is 0.550. The SMILES string of the molecule is Cc1nc(C(=O)NC(C)(C)CO)sc1-c1cnc(NCC(C)(C)C)cc1C(F)F. The van der Waals surface area contributed by atoms with Gasteiger partial charge in [0.2, 0.25) is 0 Å². The van der Waals surface area contributed by atoms with Crippen LogP contribution in [0.5, 0.6) is 0 Å². The lowest BCUT2D eigenvalue weighted by Gasteiger charge is -2.22. The average molecular weight is 427 g/mol. The highest BCUT2D eigenvalue weighted by Crippen LogP contribution is 2.37. The molecule has 1 amide bonds. The van der Waals surface area contributed by atoms with E-state index in [-0.39, 0.29) is 28.2 Å². The van der Waals surface area contributed by atoms with Crippen molar-refractivity contribution in [3.8, 4) is 10.4 Å². The van der Waals surface area contributed by atoms with Crippen molar-refractivity contribution in [3.63, 3.8) is 0 Å². The second kappa shape index (κ2) is 8.71. The topological polar surface area (TPSA) is 87.1 Å². The van der Waals surface area contributed by atoms with Crippen LogP contribution in [0.2, 0.25) is 0 Å². The van der Waals surface area contributed by atoms with E-state index >= 15 is 0 Å². The van der Waals surface area contributed by atoms with Crippen LogP contribution in [0.3, 0.4) is 0 Å². The smallest absolute Gasteiger partial charge is 0.280 e. The van der Waals surface area contributed by atoms with Crippen LogP contribution in [0.1, 0.15) is 62.1 Å². The highest BCUT2D eigenvalue weighted by atomic mass is 32.1. The first kappa shape index (κ1) is 23.2. The van der Waals surface area contributed by atoms with Crippen molar-refractivity contribution in [2.75, 3.05) is 18.5 Å². The molecule has 2 aromatic rings. The first-order valence-electron chi connectivity index (χ1n) is 9.26. The predicted octanol–water partition coefficient (Wildman–Crippen LogP) is 4.41. The number of halogens is 2. The number of aryl methyl sites for hydroxylation is 1. The van der Waals surface area contributed by atoms with Crippen molar-refractivity contribution >= 4 is 23.1 Å². The molecular formula is C20H28F2N4O2S. The lowest BCUT2D eigenvalue weighted by molar-refractivity contribution is 0.0869. The Morgan fingerprint density at radius 1 is 1.28 bits per heavy atom. The van der Waals surface area contributed by atoms with Gasteiger partial charge in [0.15, 0.2) is 5.01 Å². The number of hydrogen-bond donors (Lipinski definition) is 3. The van der Waals surface area contributed by atoms with Gasteiger partial charge in [-0.2, -0.15) is 0 Å². The van der Waals surface area contributed by atoms with Crippen molar-refractivity contribution in [1.29, 1.82) is 0 Å². The Labute approximate surface area is 173 Å². The number of aliphatic hydroxyl groups is 1. The van der Waals surface area contributed by atoms with E-state index in [2.05, 4.69) is 20.6 Å². The van der Waals surface area contributed by atoms with Gasteiger partial charge in [-0.15, -0.1) is 11.3 Å². The molecule has 3 N–H and O–H groups in total. The summed E-state index contributed by atoms with van der Waals surface area (Å²) in [5.74, 6) is -0.0813. The number of pyridine rings is 1. The Balaban J connectivity index is 2.36. The summed E-state index contributed by atoms with van der Waals surface area (Å²) in [7, 11) is 0. The summed E-state index contributed by atoms with van der Waals surface area (Å²) in [4.78, 5) is 21.4. The summed E-state index contributed by atoms with van der Waals surface area (Å²) >= 11 is 1.03. The second-order valence-corrected chi connectivity index (χ2v) is 9.80. The van der Waals surface area contributed by atoms with Crippen LogP contribution in [-0.2, 0) is 0 Å². The zero-order chi connectivity index (χ0) is 22.0. The Hall–Kier alpha value is -2.13. The quantitative estimate of drug-likeness (QED) is 0.610. The van der Waals surface area contributed by atoms with Crippen LogP contribution in [0.15, 0.2) is 12.3 Å². The number of aliphatic hydroxyl groups excluding tert-OH is 1. The van der Waals surface area contributed by atoms with Crippen molar-refractivity contribution in [3.05, 3.63) is 28.5 Å². The zero-order valence-electron chi connectivity index (χ0n) is 17.6. The number of anilines is 1. The van der Waals surface area contributed by atoms with E-state index < -0.39 is 17.9 Å². The summed E-state index contributed by atoms with van der Waals surface area (Å²) < 4.78 is 27.5. The number of nitrogens with zero attached hydrogens (tertiary/aromatic N) is 2. The van der Waals surface area contributed by atoms with Crippen molar-refractivity contribution in [2.24, 2.45) is 5.41 Å². The molecule has 160 valence electrons. The molecule has 0 fully saturated rings. The first-order valence-corrected chi connectivity index (χ1v) is 10.1. The van der Waals surface area contributed by atoms with E-state index in [0.717, 1.165) is 11.3 Å². The van der Waals surface area contributed by atoms with E-state index in [4.69, 9.17) is 0 Å². The summed E-state index contributed by atoms with van der Waals surface area (Å²) in [6, 6.07) is 1.35. The van der Waals surface area contributed by atoms with E-state index in [9.17, 15) is 18.7 Å². The monoisotopic (exact) mass is 426 g/mol. The molecule has 2 aromatic heterocycles. The van der Waals surface area contributed by atoms with Gasteiger partial charge in [-0.05, 0) is 32.3 Å². The van der Waals surface area contributed by atoms with Crippen molar-refractivity contribution < 1.29 is 18.7 Å². The molecule has 0 saturated heterocycles. The third-order valence-corrected chi connectivity index (χ3v) is 5.24. The fourth-order valence-electron chi connectivity index (χ4n) is 2.44. The number of nitrogens with one attached hydrogen (secondary N) is 2. The van der Waals surface area contributed by atoms with Gasteiger partial charge in [0.25, 0.3) is 12.3 Å². The van der Waals surface area contributed by atoms with Crippen LogP contribution in [-0.4, -0.2) is 39.7 Å². The van der Waals surface area contributed by atoms with Crippen LogP contribution < -0.4 is 10.6 Å². The third-order valence-electron chi connectivity index (χ3n) is 4.05. The van der Waals surface area contributed by atoms with Crippen LogP contribution in [0, 0.1) is 12.3 Å². The summed E-state index contributed by atoms with van der Waals surface area (Å²) in [5, 5.41) is 15.2. The van der Waals surface area contributed by atoms with E-state index in [1.165, 1.54) is 12.3 Å². The average Bonchev–Trinajstić information content (AvgIpc) is 3.00. The molecule has 0 aliphatic heterocycles. The molecule has 0 spiro atoms. The molecule has 0 bridgehead atoms. The molecular weight excluding hydrogens is 398 g/mol. The van der Waals surface area contributed by atoms with Gasteiger partial charge < -0.3 is 15.7 Å².